The van der Waals surface area contributed by atoms with Crippen LogP contribution in [0, 0.1) is 7.43 Å². The van der Waals surface area contributed by atoms with Crippen LogP contribution >= 0.6 is 24.0 Å². The van der Waals surface area contributed by atoms with Gasteiger partial charge in [0.25, 0.3) is 10.1 Å². The second-order valence-electron chi connectivity index (χ2n) is 26.0. The van der Waals surface area contributed by atoms with Gasteiger partial charge in [-0.25, -0.2) is 13.0 Å². The van der Waals surface area contributed by atoms with Crippen molar-refractivity contribution in [3.63, 3.8) is 0 Å². The van der Waals surface area contributed by atoms with E-state index < -0.39 is 80.3 Å². The maximum Gasteiger partial charge on any atom is 0.475 e. The van der Waals surface area contributed by atoms with Crippen LogP contribution in [-0.4, -0.2) is 312 Å². The molecule has 1 unspecified atom stereocenters. The number of quaternary nitrogens is 3. The quantitative estimate of drug-likeness (QED) is 0.0238. The molecule has 0 aromatic carbocycles. The fourth-order valence-electron chi connectivity index (χ4n) is 5.35. The molecule has 0 saturated carbocycles. The summed E-state index contributed by atoms with van der Waals surface area (Å²) in [5, 5.41) is 19.8. The number of carbonyl (C=O) groups is 2. The number of phosphoric acid groups is 1. The first-order valence-corrected chi connectivity index (χ1v) is 38.6. The van der Waals surface area contributed by atoms with Gasteiger partial charge in [0.05, 0.1) is 179 Å². The van der Waals surface area contributed by atoms with Crippen LogP contribution in [0.15, 0.2) is 0 Å². The first-order valence-electron chi connectivity index (χ1n) is 31.1. The molecular formula is C58H136N5O27P3S2. The van der Waals surface area contributed by atoms with E-state index in [-0.39, 0.29) is 69.9 Å². The summed E-state index contributed by atoms with van der Waals surface area (Å²) >= 11 is 0. The standard InChI is InChI=1S/C10H23NO5S.C9H19NO3.C8H20NO.C7H17NO.C5H11NO2.C5H11O4P.C5H11O3P.C4H11O4P.C4H10O4S.CH3/c1-9(2)16-6-5-11(3,4)7-10(12)8-17(13,14)15;1-8(2)13-6-5-10(3,4)7-9(11)12;1-8(2)10-7-6-9(3,4)5;1-7(2)9-6-5-8(3)4;1-4(2)8-3-5(6)7;1-5(2)9-10(6)7-3-4-8-10;1-5(2)8-9-6-3-4-7-9;2*1-4(2)8-3-9(5,6)7;/h9-10,12H,5-8H2,1-4H3;8H,5-7H2,1-4H3;8H,6-7H2,1-5H3;7H,5-6H2,1-4H3;4H,3H2,1-2H3,(H2,6,7);5H,3-4H2,1-2H3;5H,3-4H2,1-2H3;4H,3H2,1-2H3,(H2,5,6,7);4H,3H2,1-2H3,(H,5,6,7);1H3/q;;+1;;;;;;;-1. The molecule has 0 bridgehead atoms. The number of rotatable bonds is 35. The lowest BCUT2D eigenvalue weighted by atomic mass is 10.3. The lowest BCUT2D eigenvalue weighted by Gasteiger charge is -2.32. The van der Waals surface area contributed by atoms with Gasteiger partial charge in [-0.15, -0.1) is 0 Å². The minimum atomic E-state index is -4.37. The maximum absolute atomic E-state index is 11.2. The Morgan fingerprint density at radius 2 is 0.989 bits per heavy atom. The van der Waals surface area contributed by atoms with E-state index in [0.717, 1.165) is 30.8 Å². The summed E-state index contributed by atoms with van der Waals surface area (Å²) in [4.78, 5) is 39.0. The average molecular weight is 1490 g/mol. The third kappa shape index (κ3) is 112. The van der Waals surface area contributed by atoms with E-state index in [1.54, 1.807) is 41.5 Å². The molecule has 2 heterocycles. The van der Waals surface area contributed by atoms with Crippen molar-refractivity contribution < 1.29 is 138 Å². The van der Waals surface area contributed by atoms with E-state index in [1.807, 2.05) is 97.7 Å². The van der Waals surface area contributed by atoms with Crippen molar-refractivity contribution in [1.29, 1.82) is 0 Å². The number of nitrogens with two attached hydrogens (primary N) is 1. The molecule has 0 radical (unpaired) electrons. The zero-order valence-corrected chi connectivity index (χ0v) is 67.5. The first kappa shape index (κ1) is 110. The molecule has 0 spiro atoms. The molecule has 37 heteroatoms. The number of carbonyl (C=O) groups excluding carboxylic acids is 2. The van der Waals surface area contributed by atoms with Gasteiger partial charge in [0.2, 0.25) is 5.91 Å². The van der Waals surface area contributed by atoms with Gasteiger partial charge >= 0.3 is 24.0 Å². The van der Waals surface area contributed by atoms with Gasteiger partial charge in [-0.3, -0.25) is 27.5 Å². The molecule has 95 heavy (non-hydrogen) atoms. The molecule has 2 rings (SSSR count). The molecule has 582 valence electrons. The number of aliphatic carboxylic acids is 1. The molecular weight excluding hydrogens is 1360 g/mol. The Bertz CT molecular complexity index is 2110. The number of carboxylic acid groups (broad SMARTS) is 1. The Hall–Kier alpha value is -1.15. The SMILES string of the molecule is CC(C)OCC(N)=O.CC(C)OCCN(C)C.CC(C)OCC[N+](C)(C)C.CC(C)OCC[N+](C)(C)CC(=O)[O-].CC(C)OCC[N+](C)(C)CC(O)CS(=O)(=O)[O-].CC(C)OCP(=O)(O)O.CC(C)OCS(=O)(=O)O.CC(C)OP1(=O)OCCO1.CC(C)OP1OCCO1.[CH3-]. The number of likely N-dealkylation sites (N-methyl/N-ethyl adjacent to an activating group) is 4. The fraction of sp³-hybridized carbons (Fsp3) is 0.948. The molecule has 0 aromatic heterocycles. The zero-order valence-electron chi connectivity index (χ0n) is 63.2. The van der Waals surface area contributed by atoms with Crippen molar-refractivity contribution in [3.05, 3.63) is 7.43 Å². The van der Waals surface area contributed by atoms with Crippen LogP contribution in [0.2, 0.25) is 0 Å². The highest BCUT2D eigenvalue weighted by molar-refractivity contribution is 7.85. The van der Waals surface area contributed by atoms with E-state index in [4.69, 9.17) is 70.9 Å². The molecule has 2 aliphatic rings. The topological polar surface area (TPSA) is 413 Å². The molecule has 2 fully saturated rings. The third-order valence-corrected chi connectivity index (χ3v) is 14.3. The summed E-state index contributed by atoms with van der Waals surface area (Å²) in [6, 6.07) is 0. The predicted molar refractivity (Wildman–Crippen MR) is 368 cm³/mol. The Morgan fingerprint density at radius 3 is 1.26 bits per heavy atom. The van der Waals surface area contributed by atoms with Crippen LogP contribution in [0.5, 0.6) is 0 Å². The van der Waals surface area contributed by atoms with Crippen molar-refractivity contribution >= 4 is 56.1 Å². The van der Waals surface area contributed by atoms with Gasteiger partial charge in [-0.05, 0) is 139 Å². The van der Waals surface area contributed by atoms with Crippen molar-refractivity contribution in [1.82, 2.24) is 4.90 Å². The fourth-order valence-corrected chi connectivity index (χ4v) is 9.16. The number of primary amides is 1. The summed E-state index contributed by atoms with van der Waals surface area (Å²) in [5.41, 5.74) is 4.78. The zero-order chi connectivity index (χ0) is 75.5. The van der Waals surface area contributed by atoms with Crippen LogP contribution in [0.4, 0.5) is 0 Å². The number of aliphatic hydroxyl groups is 1. The summed E-state index contributed by atoms with van der Waals surface area (Å²) in [6.45, 7) is 42.6. The molecule has 32 nitrogen and oxygen atoms in total. The average Bonchev–Trinajstić information content (AvgIpc) is 1.86. The highest BCUT2D eigenvalue weighted by atomic mass is 32.2. The second kappa shape index (κ2) is 60.4. The number of ether oxygens (including phenoxy) is 7. The largest absolute Gasteiger partial charge is 0.748 e. The van der Waals surface area contributed by atoms with Crippen molar-refractivity contribution in [2.24, 2.45) is 5.73 Å². The summed E-state index contributed by atoms with van der Waals surface area (Å²) in [5.74, 6) is -2.79. The smallest absolute Gasteiger partial charge is 0.475 e. The van der Waals surface area contributed by atoms with E-state index in [2.05, 4.69) is 63.2 Å². The van der Waals surface area contributed by atoms with Crippen LogP contribution in [-0.2, 0) is 99.3 Å². The minimum Gasteiger partial charge on any atom is -0.748 e. The van der Waals surface area contributed by atoms with Gasteiger partial charge in [0, 0.05) is 6.54 Å². The molecule has 2 saturated heterocycles. The van der Waals surface area contributed by atoms with Gasteiger partial charge < -0.3 is 108 Å². The van der Waals surface area contributed by atoms with E-state index in [0.29, 0.717) is 73.9 Å². The number of phosphoric ester groups is 1. The molecule has 1 atom stereocenters. The summed E-state index contributed by atoms with van der Waals surface area (Å²) in [6.07, 6.45) is -0.678. The molecule has 0 aliphatic carbocycles. The second-order valence-corrected chi connectivity index (χ2v) is 33.2. The predicted octanol–water partition coefficient (Wildman–Crippen LogP) is 5.12. The summed E-state index contributed by atoms with van der Waals surface area (Å²) < 4.78 is 148. The monoisotopic (exact) mass is 1490 g/mol. The van der Waals surface area contributed by atoms with Crippen molar-refractivity contribution in [2.75, 3.05) is 180 Å². The maximum atomic E-state index is 11.2. The molecule has 1 amide bonds. The third-order valence-electron chi connectivity index (χ3n) is 9.54. The molecule has 2 aliphatic heterocycles. The van der Waals surface area contributed by atoms with Gasteiger partial charge in [0.15, 0.2) is 5.94 Å². The number of nitrogens with zero attached hydrogens (tertiary/aromatic N) is 4. The van der Waals surface area contributed by atoms with E-state index in [9.17, 15) is 50.3 Å². The van der Waals surface area contributed by atoms with Crippen molar-refractivity contribution in [3.8, 4) is 0 Å². The Kier molecular flexibility index (Phi) is 69.8. The van der Waals surface area contributed by atoms with Gasteiger partial charge in [0.1, 0.15) is 51.8 Å². The first-order chi connectivity index (χ1) is 42.3. The number of carboxylic acids is 1. The van der Waals surface area contributed by atoms with Crippen molar-refractivity contribution in [2.45, 2.75) is 186 Å². The molecule has 0 aromatic rings. The van der Waals surface area contributed by atoms with Gasteiger partial charge in [-0.2, -0.15) is 8.42 Å². The van der Waals surface area contributed by atoms with Crippen LogP contribution in [0.3, 0.4) is 0 Å². The van der Waals surface area contributed by atoms with E-state index in [1.165, 1.54) is 0 Å². The highest BCUT2D eigenvalue weighted by Gasteiger charge is 2.33. The van der Waals surface area contributed by atoms with Crippen LogP contribution < -0.4 is 10.8 Å². The normalized spacial score (nSPS) is 14.5. The number of hydrogen-bond donors (Lipinski definition) is 5. The highest BCUT2D eigenvalue weighted by Crippen LogP contribution is 2.53. The molecule has 6 N–H and O–H groups in total. The van der Waals surface area contributed by atoms with Gasteiger partial charge in [-0.1, -0.05) is 0 Å². The lowest BCUT2D eigenvalue weighted by molar-refractivity contribution is -0.893. The Morgan fingerprint density at radius 1 is 0.611 bits per heavy atom. The summed E-state index contributed by atoms with van der Waals surface area (Å²) in [7, 11) is 1.63. The van der Waals surface area contributed by atoms with Crippen LogP contribution in [0.25, 0.3) is 0 Å². The lowest BCUT2D eigenvalue weighted by Crippen LogP contribution is -2.50. The van der Waals surface area contributed by atoms with E-state index >= 15 is 0 Å². The Balaban J connectivity index is -0.000000151. The number of amides is 1. The number of hydrogen-bond acceptors (Lipinski definition) is 25. The minimum absolute atomic E-state index is 0. The number of aliphatic hydroxyl groups excluding tert-OH is 1. The van der Waals surface area contributed by atoms with Crippen LogP contribution in [0.1, 0.15) is 125 Å². The Labute approximate surface area is 576 Å².